The fourth-order valence-corrected chi connectivity index (χ4v) is 5.52. The minimum Gasteiger partial charge on any atom is -0.387 e. The molecule has 1 heterocycles. The summed E-state index contributed by atoms with van der Waals surface area (Å²) in [5, 5.41) is 4.55. The number of hydrazine groups is 1. The molecule has 5 N–H and O–H groups in total. The minimum atomic E-state index is -3.77. The maximum atomic E-state index is 12.7. The van der Waals surface area contributed by atoms with Crippen molar-refractivity contribution < 1.29 is 13.2 Å². The zero-order valence-corrected chi connectivity index (χ0v) is 21.0. The first-order valence-corrected chi connectivity index (χ1v) is 12.9. The lowest BCUT2D eigenvalue weighted by molar-refractivity contribution is 0.0512. The molecule has 1 aliphatic heterocycles. The molecule has 8 nitrogen and oxygen atoms in total. The Kier molecular flexibility index (Phi) is 8.98. The number of sulfonamides is 1. The fraction of sp³-hybridized carbons (Fsp3) is 0.591. The summed E-state index contributed by atoms with van der Waals surface area (Å²) < 4.78 is 26.8. The molecule has 2 aliphatic rings. The first kappa shape index (κ1) is 26.4. The van der Waals surface area contributed by atoms with Crippen LogP contribution in [0.15, 0.2) is 29.4 Å². The van der Waals surface area contributed by atoms with Gasteiger partial charge >= 0.3 is 0 Å². The zero-order chi connectivity index (χ0) is 24.1. The number of halogens is 1. The van der Waals surface area contributed by atoms with E-state index < -0.39 is 10.0 Å². The van der Waals surface area contributed by atoms with Gasteiger partial charge in [0.15, 0.2) is 5.03 Å². The van der Waals surface area contributed by atoms with Gasteiger partial charge in [0, 0.05) is 42.2 Å². The lowest BCUT2D eigenvalue weighted by Crippen LogP contribution is -2.63. The van der Waals surface area contributed by atoms with E-state index in [-0.39, 0.29) is 16.4 Å². The number of benzene rings is 1. The van der Waals surface area contributed by atoms with Gasteiger partial charge in [-0.25, -0.2) is 14.3 Å². The number of nitrogens with one attached hydrogen (secondary N) is 1. The number of nitrogens with zero attached hydrogens (tertiary/aromatic N) is 2. The number of amides is 1. The van der Waals surface area contributed by atoms with E-state index >= 15 is 0 Å². The topological polar surface area (TPSA) is 122 Å². The van der Waals surface area contributed by atoms with Gasteiger partial charge in [-0.3, -0.25) is 4.79 Å². The van der Waals surface area contributed by atoms with Gasteiger partial charge in [0.25, 0.3) is 15.9 Å². The van der Waals surface area contributed by atoms with Crippen molar-refractivity contribution in [1.29, 1.82) is 0 Å². The molecule has 0 aromatic heterocycles. The van der Waals surface area contributed by atoms with Crippen LogP contribution in [0.1, 0.15) is 56.0 Å². The van der Waals surface area contributed by atoms with Crippen molar-refractivity contribution in [3.63, 3.8) is 0 Å². The Bertz CT molecular complexity index is 941. The first-order chi connectivity index (χ1) is 15.1. The summed E-state index contributed by atoms with van der Waals surface area (Å²) in [6.07, 6.45) is 4.43. The SMILES string of the molecule is CC.CCN(N)/C=C(\N)S(=O)(=O)N1CC(CNC(=O)c2ccc(Cl)cc2C)(CC2CC2)C1. The molecule has 1 aromatic carbocycles. The number of aryl methyl sites for hydroxylation is 1. The first-order valence-electron chi connectivity index (χ1n) is 11.1. The molecular formula is C22H36ClN5O3S. The quantitative estimate of drug-likeness (QED) is 0.365. The van der Waals surface area contributed by atoms with Crippen LogP contribution in [0.2, 0.25) is 5.02 Å². The largest absolute Gasteiger partial charge is 0.387 e. The molecule has 1 aliphatic carbocycles. The van der Waals surface area contributed by atoms with Crippen LogP contribution in [-0.4, -0.2) is 49.8 Å². The van der Waals surface area contributed by atoms with Crippen LogP contribution >= 0.6 is 11.6 Å². The van der Waals surface area contributed by atoms with Crippen molar-refractivity contribution in [1.82, 2.24) is 14.6 Å². The molecule has 0 radical (unpaired) electrons. The van der Waals surface area contributed by atoms with E-state index in [0.29, 0.717) is 42.7 Å². The molecule has 2 fully saturated rings. The van der Waals surface area contributed by atoms with E-state index in [4.69, 9.17) is 23.2 Å². The van der Waals surface area contributed by atoms with Crippen LogP contribution in [0.25, 0.3) is 0 Å². The molecule has 1 amide bonds. The van der Waals surface area contributed by atoms with Crippen molar-refractivity contribution in [2.24, 2.45) is 22.9 Å². The normalized spacial score (nSPS) is 18.2. The molecule has 10 heteroatoms. The highest BCUT2D eigenvalue weighted by Crippen LogP contribution is 2.46. The molecule has 0 bridgehead atoms. The highest BCUT2D eigenvalue weighted by Gasteiger charge is 2.50. The smallest absolute Gasteiger partial charge is 0.259 e. The summed E-state index contributed by atoms with van der Waals surface area (Å²) in [6.45, 7) is 9.15. The summed E-state index contributed by atoms with van der Waals surface area (Å²) >= 11 is 5.97. The molecule has 0 unspecified atom stereocenters. The number of carbonyl (C=O) groups excluding carboxylic acids is 1. The highest BCUT2D eigenvalue weighted by atomic mass is 35.5. The Morgan fingerprint density at radius 2 is 1.97 bits per heavy atom. The molecule has 1 aromatic rings. The lowest BCUT2D eigenvalue weighted by atomic mass is 9.76. The highest BCUT2D eigenvalue weighted by molar-refractivity contribution is 7.93. The number of carbonyl (C=O) groups is 1. The van der Waals surface area contributed by atoms with Crippen molar-refractivity contribution in [2.45, 2.75) is 47.0 Å². The summed E-state index contributed by atoms with van der Waals surface area (Å²) in [6, 6.07) is 5.14. The van der Waals surface area contributed by atoms with E-state index in [1.165, 1.54) is 15.5 Å². The minimum absolute atomic E-state index is 0.179. The molecule has 180 valence electrons. The van der Waals surface area contributed by atoms with E-state index in [1.807, 2.05) is 20.8 Å². The fourth-order valence-electron chi connectivity index (χ4n) is 3.83. The van der Waals surface area contributed by atoms with Gasteiger partial charge in [0.2, 0.25) is 0 Å². The van der Waals surface area contributed by atoms with Crippen LogP contribution in [0.4, 0.5) is 0 Å². The van der Waals surface area contributed by atoms with Crippen LogP contribution in [-0.2, 0) is 10.0 Å². The summed E-state index contributed by atoms with van der Waals surface area (Å²) in [4.78, 5) is 12.7. The van der Waals surface area contributed by atoms with Crippen LogP contribution in [0, 0.1) is 18.3 Å². The number of hydrogen-bond acceptors (Lipinski definition) is 6. The molecule has 32 heavy (non-hydrogen) atoms. The second-order valence-corrected chi connectivity index (χ2v) is 10.8. The van der Waals surface area contributed by atoms with Crippen molar-refractivity contribution in [3.8, 4) is 0 Å². The maximum absolute atomic E-state index is 12.7. The third-order valence-electron chi connectivity index (χ3n) is 5.80. The van der Waals surface area contributed by atoms with Crippen LogP contribution in [0.3, 0.4) is 0 Å². The Labute approximate surface area is 197 Å². The Morgan fingerprint density at radius 3 is 2.50 bits per heavy atom. The lowest BCUT2D eigenvalue weighted by Gasteiger charge is -2.49. The molecular weight excluding hydrogens is 450 g/mol. The van der Waals surface area contributed by atoms with Crippen molar-refractivity contribution in [3.05, 3.63) is 45.6 Å². The Balaban J connectivity index is 0.00000176. The van der Waals surface area contributed by atoms with E-state index in [9.17, 15) is 13.2 Å². The van der Waals surface area contributed by atoms with Crippen molar-refractivity contribution in [2.75, 3.05) is 26.2 Å². The predicted molar refractivity (Wildman–Crippen MR) is 129 cm³/mol. The molecule has 0 spiro atoms. The average Bonchev–Trinajstić information content (AvgIpc) is 3.54. The standard InChI is InChI=1S/C20H30ClN5O3S.C2H6/c1-3-25(23)10-18(22)30(28,29)26-12-20(13-26,9-15-4-5-15)11-24-19(27)17-7-6-16(21)8-14(17)2;1-2/h6-8,10,15H,3-5,9,11-13,22-23H2,1-2H3,(H,24,27);1-2H3/b18-10+;. The van der Waals surface area contributed by atoms with Gasteiger partial charge in [0.1, 0.15) is 0 Å². The summed E-state index contributed by atoms with van der Waals surface area (Å²) in [5.74, 6) is 6.07. The van der Waals surface area contributed by atoms with Gasteiger partial charge < -0.3 is 16.1 Å². The molecule has 1 saturated carbocycles. The van der Waals surface area contributed by atoms with Gasteiger partial charge in [-0.05, 0) is 49.9 Å². The van der Waals surface area contributed by atoms with Gasteiger partial charge in [-0.2, -0.15) is 4.31 Å². The number of rotatable bonds is 9. The summed E-state index contributed by atoms with van der Waals surface area (Å²) in [5.41, 5.74) is 6.89. The van der Waals surface area contributed by atoms with Gasteiger partial charge in [-0.15, -0.1) is 0 Å². The van der Waals surface area contributed by atoms with Gasteiger partial charge in [-0.1, -0.05) is 38.3 Å². The summed E-state index contributed by atoms with van der Waals surface area (Å²) in [7, 11) is -3.77. The molecule has 1 saturated heterocycles. The van der Waals surface area contributed by atoms with E-state index in [1.54, 1.807) is 25.1 Å². The second kappa shape index (κ2) is 10.9. The number of nitrogens with two attached hydrogens (primary N) is 2. The maximum Gasteiger partial charge on any atom is 0.259 e. The Morgan fingerprint density at radius 1 is 1.34 bits per heavy atom. The van der Waals surface area contributed by atoms with Crippen LogP contribution < -0.4 is 16.9 Å². The van der Waals surface area contributed by atoms with Crippen LogP contribution in [0.5, 0.6) is 0 Å². The monoisotopic (exact) mass is 485 g/mol. The predicted octanol–water partition coefficient (Wildman–Crippen LogP) is 2.79. The zero-order valence-electron chi connectivity index (χ0n) is 19.4. The van der Waals surface area contributed by atoms with E-state index in [2.05, 4.69) is 5.32 Å². The second-order valence-electron chi connectivity index (χ2n) is 8.42. The number of hydrogen-bond donors (Lipinski definition) is 3. The third kappa shape index (κ3) is 6.37. The van der Waals surface area contributed by atoms with Crippen molar-refractivity contribution >= 4 is 27.5 Å². The molecule has 3 rings (SSSR count). The third-order valence-corrected chi connectivity index (χ3v) is 7.67. The van der Waals surface area contributed by atoms with E-state index in [0.717, 1.165) is 24.8 Å². The average molecular weight is 486 g/mol. The molecule has 0 atom stereocenters. The Hall–Kier alpha value is -1.81. The van der Waals surface area contributed by atoms with Gasteiger partial charge in [0.05, 0.1) is 6.20 Å².